The molecule has 0 bridgehead atoms. The van der Waals surface area contributed by atoms with E-state index in [4.69, 9.17) is 16.3 Å². The summed E-state index contributed by atoms with van der Waals surface area (Å²) in [7, 11) is 0. The van der Waals surface area contributed by atoms with Crippen molar-refractivity contribution in [2.45, 2.75) is 25.6 Å². The van der Waals surface area contributed by atoms with Crippen LogP contribution >= 0.6 is 11.6 Å². The average molecular weight is 303 g/mol. The van der Waals surface area contributed by atoms with Gasteiger partial charge in [-0.15, -0.1) is 0 Å². The van der Waals surface area contributed by atoms with Gasteiger partial charge in [-0.05, 0) is 49.2 Å². The Hall–Kier alpha value is -1.58. The highest BCUT2D eigenvalue weighted by atomic mass is 35.5. The van der Waals surface area contributed by atoms with E-state index in [1.54, 1.807) is 0 Å². The van der Waals surface area contributed by atoms with Crippen molar-refractivity contribution < 1.29 is 4.74 Å². The smallest absolute Gasteiger partial charge is 0.0891 e. The molecule has 2 heterocycles. The van der Waals surface area contributed by atoms with Crippen molar-refractivity contribution in [3.63, 3.8) is 0 Å². The molecule has 1 aromatic heterocycles. The zero-order chi connectivity index (χ0) is 14.5. The van der Waals surface area contributed by atoms with E-state index in [0.717, 1.165) is 36.6 Å². The number of hydrogen-bond donors (Lipinski definition) is 0. The van der Waals surface area contributed by atoms with Gasteiger partial charge in [0.2, 0.25) is 0 Å². The second kappa shape index (κ2) is 6.92. The number of aromatic nitrogens is 1. The molecule has 0 saturated carbocycles. The maximum Gasteiger partial charge on any atom is 0.0891 e. The van der Waals surface area contributed by atoms with Gasteiger partial charge in [-0.3, -0.25) is 4.98 Å². The minimum absolute atomic E-state index is 0.329. The van der Waals surface area contributed by atoms with Crippen LogP contribution in [-0.4, -0.2) is 24.2 Å². The van der Waals surface area contributed by atoms with Gasteiger partial charge in [0.05, 0.1) is 18.4 Å². The van der Waals surface area contributed by atoms with Gasteiger partial charge in [-0.1, -0.05) is 17.7 Å². The second-order valence-corrected chi connectivity index (χ2v) is 5.73. The highest BCUT2D eigenvalue weighted by Crippen LogP contribution is 2.23. The highest BCUT2D eigenvalue weighted by Gasteiger charge is 2.20. The summed E-state index contributed by atoms with van der Waals surface area (Å²) in [6.45, 7) is 2.65. The number of halogens is 1. The van der Waals surface area contributed by atoms with Crippen molar-refractivity contribution in [2.75, 3.05) is 18.0 Å². The summed E-state index contributed by atoms with van der Waals surface area (Å²) < 4.78 is 5.96. The van der Waals surface area contributed by atoms with Crippen molar-refractivity contribution >= 4 is 17.3 Å². The fourth-order valence-electron chi connectivity index (χ4n) is 2.62. The molecule has 110 valence electrons. The number of anilines is 1. The molecule has 0 N–H and O–H groups in total. The van der Waals surface area contributed by atoms with Crippen LogP contribution in [0, 0.1) is 0 Å². The van der Waals surface area contributed by atoms with E-state index in [2.05, 4.69) is 22.0 Å². The molecule has 2 aromatic rings. The Bertz CT molecular complexity index is 551. The molecule has 0 radical (unpaired) electrons. The Morgan fingerprint density at radius 2 is 1.86 bits per heavy atom. The molecule has 1 aromatic carbocycles. The third kappa shape index (κ3) is 3.96. The van der Waals surface area contributed by atoms with Gasteiger partial charge in [-0.25, -0.2) is 0 Å². The number of nitrogens with zero attached hydrogens (tertiary/aromatic N) is 2. The van der Waals surface area contributed by atoms with E-state index in [0.29, 0.717) is 12.7 Å². The molecule has 0 atom stereocenters. The standard InChI is InChI=1S/C17H19ClN2O/c18-14-4-6-16(7-5-14)20-11-8-17(9-12-20)21-13-15-3-1-2-10-19-15/h1-7,10,17H,8-9,11-13H2. The first-order valence-corrected chi connectivity index (χ1v) is 7.71. The van der Waals surface area contributed by atoms with Crippen LogP contribution in [0.15, 0.2) is 48.7 Å². The van der Waals surface area contributed by atoms with Crippen LogP contribution in [0.2, 0.25) is 5.02 Å². The first-order valence-electron chi connectivity index (χ1n) is 7.33. The van der Waals surface area contributed by atoms with Crippen LogP contribution in [0.5, 0.6) is 0 Å². The van der Waals surface area contributed by atoms with Gasteiger partial charge < -0.3 is 9.64 Å². The van der Waals surface area contributed by atoms with Gasteiger partial charge in [-0.2, -0.15) is 0 Å². The van der Waals surface area contributed by atoms with Gasteiger partial charge in [0.1, 0.15) is 0 Å². The Balaban J connectivity index is 1.48. The molecule has 0 aliphatic carbocycles. The molecular formula is C17H19ClN2O. The number of pyridine rings is 1. The Morgan fingerprint density at radius 1 is 1.10 bits per heavy atom. The molecule has 3 rings (SSSR count). The summed E-state index contributed by atoms with van der Waals surface area (Å²) >= 11 is 5.93. The van der Waals surface area contributed by atoms with Crippen molar-refractivity contribution in [2.24, 2.45) is 0 Å². The molecule has 3 nitrogen and oxygen atoms in total. The maximum absolute atomic E-state index is 5.96. The Kier molecular flexibility index (Phi) is 4.73. The minimum Gasteiger partial charge on any atom is -0.372 e. The SMILES string of the molecule is Clc1ccc(N2CCC(OCc3ccccn3)CC2)cc1. The number of hydrogen-bond acceptors (Lipinski definition) is 3. The summed E-state index contributed by atoms with van der Waals surface area (Å²) in [6, 6.07) is 14.0. The van der Waals surface area contributed by atoms with Crippen LogP contribution in [0.25, 0.3) is 0 Å². The van der Waals surface area contributed by atoms with Gasteiger partial charge >= 0.3 is 0 Å². The lowest BCUT2D eigenvalue weighted by molar-refractivity contribution is 0.0234. The molecule has 1 saturated heterocycles. The summed E-state index contributed by atoms with van der Waals surface area (Å²) in [4.78, 5) is 6.67. The van der Waals surface area contributed by atoms with Crippen LogP contribution in [0.3, 0.4) is 0 Å². The Morgan fingerprint density at radius 3 is 2.52 bits per heavy atom. The molecule has 21 heavy (non-hydrogen) atoms. The highest BCUT2D eigenvalue weighted by molar-refractivity contribution is 6.30. The van der Waals surface area contributed by atoms with Crippen LogP contribution in [-0.2, 0) is 11.3 Å². The lowest BCUT2D eigenvalue weighted by atomic mass is 10.1. The molecule has 1 fully saturated rings. The van der Waals surface area contributed by atoms with Crippen molar-refractivity contribution in [1.82, 2.24) is 4.98 Å². The van der Waals surface area contributed by atoms with E-state index in [-0.39, 0.29) is 0 Å². The number of piperidine rings is 1. The molecule has 4 heteroatoms. The zero-order valence-corrected chi connectivity index (χ0v) is 12.7. The fourth-order valence-corrected chi connectivity index (χ4v) is 2.75. The zero-order valence-electron chi connectivity index (χ0n) is 11.9. The summed E-state index contributed by atoms with van der Waals surface area (Å²) in [5.74, 6) is 0. The van der Waals surface area contributed by atoms with E-state index in [9.17, 15) is 0 Å². The molecule has 1 aliphatic rings. The van der Waals surface area contributed by atoms with Crippen LogP contribution in [0.4, 0.5) is 5.69 Å². The third-order valence-corrected chi connectivity index (χ3v) is 4.08. The Labute approximate surface area is 130 Å². The van der Waals surface area contributed by atoms with Crippen LogP contribution in [0.1, 0.15) is 18.5 Å². The van der Waals surface area contributed by atoms with E-state index < -0.39 is 0 Å². The summed E-state index contributed by atoms with van der Waals surface area (Å²) in [6.07, 6.45) is 4.24. The first-order chi connectivity index (χ1) is 10.3. The molecular weight excluding hydrogens is 284 g/mol. The molecule has 0 amide bonds. The average Bonchev–Trinajstić information content (AvgIpc) is 2.55. The van der Waals surface area contributed by atoms with Crippen molar-refractivity contribution in [3.8, 4) is 0 Å². The number of ether oxygens (including phenoxy) is 1. The number of rotatable bonds is 4. The predicted molar refractivity (Wildman–Crippen MR) is 85.7 cm³/mol. The lowest BCUT2D eigenvalue weighted by Gasteiger charge is -2.33. The lowest BCUT2D eigenvalue weighted by Crippen LogP contribution is -2.37. The van der Waals surface area contributed by atoms with E-state index >= 15 is 0 Å². The number of benzene rings is 1. The van der Waals surface area contributed by atoms with Gasteiger partial charge in [0, 0.05) is 30.0 Å². The molecule has 0 unspecified atom stereocenters. The fraction of sp³-hybridized carbons (Fsp3) is 0.353. The molecule has 0 spiro atoms. The largest absolute Gasteiger partial charge is 0.372 e. The second-order valence-electron chi connectivity index (χ2n) is 5.29. The van der Waals surface area contributed by atoms with Crippen molar-refractivity contribution in [1.29, 1.82) is 0 Å². The van der Waals surface area contributed by atoms with Crippen molar-refractivity contribution in [3.05, 3.63) is 59.4 Å². The first kappa shape index (κ1) is 14.4. The monoisotopic (exact) mass is 302 g/mol. The normalized spacial score (nSPS) is 16.1. The van der Waals surface area contributed by atoms with Gasteiger partial charge in [0.15, 0.2) is 0 Å². The van der Waals surface area contributed by atoms with Gasteiger partial charge in [0.25, 0.3) is 0 Å². The predicted octanol–water partition coefficient (Wildman–Crippen LogP) is 3.92. The van der Waals surface area contributed by atoms with Crippen LogP contribution < -0.4 is 4.90 Å². The third-order valence-electron chi connectivity index (χ3n) is 3.83. The van der Waals surface area contributed by atoms with E-state index in [1.165, 1.54) is 5.69 Å². The molecule has 1 aliphatic heterocycles. The maximum atomic E-state index is 5.96. The topological polar surface area (TPSA) is 25.4 Å². The summed E-state index contributed by atoms with van der Waals surface area (Å²) in [5.41, 5.74) is 2.24. The quantitative estimate of drug-likeness (QED) is 0.856. The minimum atomic E-state index is 0.329. The summed E-state index contributed by atoms with van der Waals surface area (Å²) in [5, 5.41) is 0.785. The van der Waals surface area contributed by atoms with E-state index in [1.807, 2.05) is 36.5 Å².